The van der Waals surface area contributed by atoms with Crippen LogP contribution in [0.25, 0.3) is 0 Å². The second-order valence-corrected chi connectivity index (χ2v) is 5.96. The third-order valence-electron chi connectivity index (χ3n) is 3.13. The van der Waals surface area contributed by atoms with E-state index in [2.05, 4.69) is 0 Å². The lowest BCUT2D eigenvalue weighted by molar-refractivity contribution is 0.281. The normalized spacial score (nSPS) is 25.2. The van der Waals surface area contributed by atoms with Gasteiger partial charge < -0.3 is 14.0 Å². The third-order valence-corrected chi connectivity index (χ3v) is 3.57. The molecule has 0 bridgehead atoms. The molecule has 0 saturated carbocycles. The summed E-state index contributed by atoms with van der Waals surface area (Å²) < 4.78 is 26.2. The first-order valence-corrected chi connectivity index (χ1v) is 7.63. The van der Waals surface area contributed by atoms with Crippen molar-refractivity contribution in [2.75, 3.05) is 13.2 Å². The highest BCUT2D eigenvalue weighted by Gasteiger charge is 2.30. The van der Waals surface area contributed by atoms with E-state index in [9.17, 15) is 4.57 Å². The Balaban J connectivity index is 1.88. The zero-order valence-electron chi connectivity index (χ0n) is 10.2. The molecule has 19 heavy (non-hydrogen) atoms. The Morgan fingerprint density at radius 3 is 2.42 bits per heavy atom. The van der Waals surface area contributed by atoms with E-state index < -0.39 is 7.82 Å². The van der Waals surface area contributed by atoms with Crippen molar-refractivity contribution in [1.82, 2.24) is 0 Å². The van der Waals surface area contributed by atoms with E-state index in [0.717, 1.165) is 24.2 Å². The minimum atomic E-state index is -4.55. The summed E-state index contributed by atoms with van der Waals surface area (Å²) in [6.45, 7) is 1.42. The highest BCUT2D eigenvalue weighted by Crippen LogP contribution is 2.41. The highest BCUT2D eigenvalue weighted by atomic mass is 31.2. The van der Waals surface area contributed by atoms with Gasteiger partial charge in [0.15, 0.2) is 0 Å². The first-order valence-electron chi connectivity index (χ1n) is 6.10. The second kappa shape index (κ2) is 4.89. The lowest BCUT2D eigenvalue weighted by atomic mass is 9.98. The first kappa shape index (κ1) is 13.1. The Morgan fingerprint density at radius 1 is 1.21 bits per heavy atom. The fourth-order valence-electron chi connectivity index (χ4n) is 2.09. The zero-order valence-corrected chi connectivity index (χ0v) is 11.1. The van der Waals surface area contributed by atoms with Crippen molar-refractivity contribution in [1.29, 1.82) is 0 Å². The summed E-state index contributed by atoms with van der Waals surface area (Å²) >= 11 is 0. The molecule has 1 aromatic carbocycles. The molecule has 0 radical (unpaired) electrons. The predicted octanol–water partition coefficient (Wildman–Crippen LogP) is 1.04. The van der Waals surface area contributed by atoms with Gasteiger partial charge in [-0.2, -0.15) is 0 Å². The van der Waals surface area contributed by atoms with Crippen molar-refractivity contribution in [3.8, 4) is 5.75 Å². The summed E-state index contributed by atoms with van der Waals surface area (Å²) in [5, 5.41) is 0. The van der Waals surface area contributed by atoms with Crippen molar-refractivity contribution >= 4 is 7.82 Å². The van der Waals surface area contributed by atoms with Crippen molar-refractivity contribution in [2.45, 2.75) is 25.0 Å². The molecule has 0 aliphatic carbocycles. The van der Waals surface area contributed by atoms with Crippen LogP contribution in [0, 0.1) is 0 Å². The molecule has 6 nitrogen and oxygen atoms in total. The lowest BCUT2D eigenvalue weighted by Crippen LogP contribution is -2.05. The summed E-state index contributed by atoms with van der Waals surface area (Å²) in [7, 11) is -4.55. The van der Waals surface area contributed by atoms with Crippen molar-refractivity contribution in [3.63, 3.8) is 0 Å². The Bertz CT molecular complexity index is 517. The van der Waals surface area contributed by atoms with E-state index in [0.29, 0.717) is 13.0 Å². The van der Waals surface area contributed by atoms with Crippen molar-refractivity contribution in [2.24, 2.45) is 0 Å². The number of epoxide rings is 2. The Morgan fingerprint density at radius 2 is 1.84 bits per heavy atom. The summed E-state index contributed by atoms with van der Waals surface area (Å²) in [6, 6.07) is 5.25. The van der Waals surface area contributed by atoms with E-state index in [1.807, 2.05) is 6.07 Å². The van der Waals surface area contributed by atoms with Crippen molar-refractivity contribution in [3.05, 3.63) is 29.3 Å². The van der Waals surface area contributed by atoms with Crippen LogP contribution in [0.3, 0.4) is 0 Å². The molecule has 2 aliphatic heterocycles. The monoisotopic (exact) mass is 286 g/mol. The molecule has 3 rings (SSSR count). The quantitative estimate of drug-likeness (QED) is 0.599. The lowest BCUT2D eigenvalue weighted by Gasteiger charge is -2.15. The SMILES string of the molecule is O=P(O)(O)Oc1cccc(CC2CO2)c1CC1CO1. The fraction of sp³-hybridized carbons (Fsp3) is 0.500. The summed E-state index contributed by atoms with van der Waals surface area (Å²) in [4.78, 5) is 17.9. The molecular formula is C12H15O6P. The summed E-state index contributed by atoms with van der Waals surface area (Å²) in [5.74, 6) is 0.238. The maximum absolute atomic E-state index is 11.0. The van der Waals surface area contributed by atoms with Gasteiger partial charge in [0.05, 0.1) is 25.4 Å². The summed E-state index contributed by atoms with van der Waals surface area (Å²) in [6.07, 6.45) is 1.68. The van der Waals surface area contributed by atoms with Crippen LogP contribution in [0.2, 0.25) is 0 Å². The van der Waals surface area contributed by atoms with Crippen LogP contribution in [0.5, 0.6) is 5.75 Å². The molecule has 104 valence electrons. The molecule has 2 aliphatic rings. The van der Waals surface area contributed by atoms with E-state index in [-0.39, 0.29) is 18.0 Å². The number of phosphoric acid groups is 1. The molecule has 0 aromatic heterocycles. The minimum Gasteiger partial charge on any atom is -0.404 e. The van der Waals surface area contributed by atoms with Gasteiger partial charge in [0, 0.05) is 18.4 Å². The molecule has 2 fully saturated rings. The zero-order chi connectivity index (χ0) is 13.5. The van der Waals surface area contributed by atoms with Crippen LogP contribution in [-0.4, -0.2) is 35.2 Å². The van der Waals surface area contributed by atoms with E-state index in [1.54, 1.807) is 12.1 Å². The standard InChI is InChI=1S/C12H15O6P/c13-19(14,15)18-12-3-1-2-8(4-9-6-16-9)11(12)5-10-7-17-10/h1-3,9-10H,4-7H2,(H2,13,14,15). The van der Waals surface area contributed by atoms with Gasteiger partial charge in [-0.15, -0.1) is 0 Å². The molecule has 0 spiro atoms. The van der Waals surface area contributed by atoms with Gasteiger partial charge in [0.1, 0.15) is 5.75 Å². The molecule has 1 aromatic rings. The number of ether oxygens (including phenoxy) is 2. The predicted molar refractivity (Wildman–Crippen MR) is 66.0 cm³/mol. The second-order valence-electron chi connectivity index (χ2n) is 4.79. The molecular weight excluding hydrogens is 271 g/mol. The van der Waals surface area contributed by atoms with Crippen LogP contribution >= 0.6 is 7.82 Å². The van der Waals surface area contributed by atoms with E-state index >= 15 is 0 Å². The Hall–Kier alpha value is -0.910. The first-order chi connectivity index (χ1) is 9.01. The van der Waals surface area contributed by atoms with Crippen molar-refractivity contribution < 1.29 is 28.3 Å². The Labute approximate surface area is 110 Å². The maximum atomic E-state index is 11.0. The van der Waals surface area contributed by atoms with Gasteiger partial charge >= 0.3 is 7.82 Å². The largest absolute Gasteiger partial charge is 0.524 e. The highest BCUT2D eigenvalue weighted by molar-refractivity contribution is 7.46. The molecule has 2 heterocycles. The molecule has 2 N–H and O–H groups in total. The number of hydrogen-bond acceptors (Lipinski definition) is 4. The Kier molecular flexibility index (Phi) is 3.37. The van der Waals surface area contributed by atoms with Gasteiger partial charge in [0.2, 0.25) is 0 Å². The van der Waals surface area contributed by atoms with Gasteiger partial charge in [-0.1, -0.05) is 12.1 Å². The average molecular weight is 286 g/mol. The van der Waals surface area contributed by atoms with Crippen LogP contribution in [0.1, 0.15) is 11.1 Å². The smallest absolute Gasteiger partial charge is 0.404 e. The molecule has 0 amide bonds. The van der Waals surface area contributed by atoms with Gasteiger partial charge in [0.25, 0.3) is 0 Å². The van der Waals surface area contributed by atoms with Gasteiger partial charge in [-0.25, -0.2) is 4.57 Å². The average Bonchev–Trinajstić information content (AvgIpc) is 3.15. The molecule has 7 heteroatoms. The number of rotatable bonds is 6. The van der Waals surface area contributed by atoms with Crippen LogP contribution in [0.4, 0.5) is 0 Å². The topological polar surface area (TPSA) is 91.8 Å². The van der Waals surface area contributed by atoms with Crippen LogP contribution in [-0.2, 0) is 26.9 Å². The number of benzene rings is 1. The van der Waals surface area contributed by atoms with Gasteiger partial charge in [-0.3, -0.25) is 9.79 Å². The van der Waals surface area contributed by atoms with Crippen LogP contribution in [0.15, 0.2) is 18.2 Å². The van der Waals surface area contributed by atoms with Crippen LogP contribution < -0.4 is 4.52 Å². The minimum absolute atomic E-state index is 0.125. The number of hydrogen-bond donors (Lipinski definition) is 2. The molecule has 2 unspecified atom stereocenters. The number of phosphoric ester groups is 1. The maximum Gasteiger partial charge on any atom is 0.524 e. The summed E-state index contributed by atoms with van der Waals surface area (Å²) in [5.41, 5.74) is 1.81. The third kappa shape index (κ3) is 3.78. The molecule has 2 atom stereocenters. The van der Waals surface area contributed by atoms with E-state index in [1.165, 1.54) is 0 Å². The van der Waals surface area contributed by atoms with Gasteiger partial charge in [-0.05, 0) is 11.6 Å². The van der Waals surface area contributed by atoms with E-state index in [4.69, 9.17) is 23.8 Å². The fourth-order valence-corrected chi connectivity index (χ4v) is 2.52. The molecule has 2 saturated heterocycles.